The summed E-state index contributed by atoms with van der Waals surface area (Å²) in [6.07, 6.45) is 3.28. The van der Waals surface area contributed by atoms with Crippen LogP contribution in [-0.2, 0) is 6.54 Å². The van der Waals surface area contributed by atoms with Crippen molar-refractivity contribution in [3.8, 4) is 22.8 Å². The summed E-state index contributed by atoms with van der Waals surface area (Å²) in [5.41, 5.74) is 1.38. The maximum atomic E-state index is 12.4. The second kappa shape index (κ2) is 8.71. The predicted octanol–water partition coefficient (Wildman–Crippen LogP) is 3.85. The van der Waals surface area contributed by atoms with E-state index in [9.17, 15) is 4.79 Å². The molecule has 3 rings (SSSR count). The van der Waals surface area contributed by atoms with Crippen LogP contribution in [0.4, 0.5) is 0 Å². The molecule has 2 aromatic carbocycles. The monoisotopic (exact) mass is 364 g/mol. The third kappa shape index (κ3) is 4.55. The van der Waals surface area contributed by atoms with E-state index in [-0.39, 0.29) is 12.5 Å². The summed E-state index contributed by atoms with van der Waals surface area (Å²) in [6.45, 7) is 4.15. The maximum Gasteiger partial charge on any atom is 0.251 e. The number of nitrogens with zero attached hydrogens (tertiary/aromatic N) is 1. The summed E-state index contributed by atoms with van der Waals surface area (Å²) < 4.78 is 16.4. The first-order chi connectivity index (χ1) is 13.2. The maximum absolute atomic E-state index is 12.4. The quantitative estimate of drug-likeness (QED) is 0.615. The van der Waals surface area contributed by atoms with Crippen molar-refractivity contribution in [2.75, 3.05) is 13.7 Å². The molecule has 0 saturated carbocycles. The van der Waals surface area contributed by atoms with Crippen molar-refractivity contribution in [1.29, 1.82) is 0 Å². The largest absolute Gasteiger partial charge is 0.493 e. The zero-order chi connectivity index (χ0) is 19.1. The van der Waals surface area contributed by atoms with Gasteiger partial charge >= 0.3 is 0 Å². The number of ether oxygens (including phenoxy) is 2. The van der Waals surface area contributed by atoms with Gasteiger partial charge in [0.15, 0.2) is 17.3 Å². The van der Waals surface area contributed by atoms with E-state index in [0.29, 0.717) is 35.3 Å². The molecule has 27 heavy (non-hydrogen) atoms. The molecule has 0 fully saturated rings. The van der Waals surface area contributed by atoms with Gasteiger partial charge in [0.25, 0.3) is 5.91 Å². The fourth-order valence-electron chi connectivity index (χ4n) is 2.46. The Labute approximate surface area is 157 Å². The normalized spacial score (nSPS) is 10.3. The average Bonchev–Trinajstić information content (AvgIpc) is 3.20. The van der Waals surface area contributed by atoms with E-state index in [4.69, 9.17) is 13.9 Å². The van der Waals surface area contributed by atoms with Gasteiger partial charge in [-0.05, 0) is 18.2 Å². The molecule has 0 spiro atoms. The van der Waals surface area contributed by atoms with Gasteiger partial charge in [0.1, 0.15) is 6.61 Å². The standard InChI is InChI=1S/C21H20N2O4/c1-3-11-26-17-10-9-16(12-18(17)25-2)21(24)23-14-20-22-13-19(27-20)15-7-5-4-6-8-15/h3-10,12-13H,1,11,14H2,2H3,(H,23,24). The molecule has 6 heteroatoms. The van der Waals surface area contributed by atoms with Crippen LogP contribution in [0.5, 0.6) is 11.5 Å². The van der Waals surface area contributed by atoms with Gasteiger partial charge in [-0.1, -0.05) is 43.0 Å². The van der Waals surface area contributed by atoms with Gasteiger partial charge in [0.05, 0.1) is 19.9 Å². The van der Waals surface area contributed by atoms with Crippen LogP contribution in [-0.4, -0.2) is 24.6 Å². The van der Waals surface area contributed by atoms with E-state index in [2.05, 4.69) is 16.9 Å². The van der Waals surface area contributed by atoms with Crippen LogP contribution in [0, 0.1) is 0 Å². The van der Waals surface area contributed by atoms with E-state index in [0.717, 1.165) is 5.56 Å². The smallest absolute Gasteiger partial charge is 0.251 e. The summed E-state index contributed by atoms with van der Waals surface area (Å²) in [7, 11) is 1.52. The molecule has 1 aromatic heterocycles. The second-order valence-corrected chi connectivity index (χ2v) is 5.63. The number of methoxy groups -OCH3 is 1. The molecular formula is C21H20N2O4. The molecule has 138 valence electrons. The van der Waals surface area contributed by atoms with Gasteiger partial charge in [0.2, 0.25) is 5.89 Å². The molecule has 0 radical (unpaired) electrons. The van der Waals surface area contributed by atoms with Gasteiger partial charge in [0, 0.05) is 11.1 Å². The van der Waals surface area contributed by atoms with E-state index < -0.39 is 0 Å². The molecule has 1 amide bonds. The first-order valence-electron chi connectivity index (χ1n) is 8.41. The number of hydrogen-bond donors (Lipinski definition) is 1. The molecule has 0 saturated heterocycles. The number of amides is 1. The lowest BCUT2D eigenvalue weighted by Crippen LogP contribution is -2.23. The number of benzene rings is 2. The van der Waals surface area contributed by atoms with Crippen molar-refractivity contribution in [3.63, 3.8) is 0 Å². The van der Waals surface area contributed by atoms with Crippen molar-refractivity contribution >= 4 is 5.91 Å². The van der Waals surface area contributed by atoms with Crippen molar-refractivity contribution in [1.82, 2.24) is 10.3 Å². The number of carbonyl (C=O) groups excluding carboxylic acids is 1. The molecular weight excluding hydrogens is 344 g/mol. The van der Waals surface area contributed by atoms with Crippen LogP contribution in [0.2, 0.25) is 0 Å². The number of aromatic nitrogens is 1. The highest BCUT2D eigenvalue weighted by Crippen LogP contribution is 2.28. The SMILES string of the molecule is C=CCOc1ccc(C(=O)NCc2ncc(-c3ccccc3)o2)cc1OC. The van der Waals surface area contributed by atoms with Crippen molar-refractivity contribution in [2.24, 2.45) is 0 Å². The second-order valence-electron chi connectivity index (χ2n) is 5.63. The highest BCUT2D eigenvalue weighted by molar-refractivity contribution is 5.94. The van der Waals surface area contributed by atoms with Gasteiger partial charge in [-0.25, -0.2) is 4.98 Å². The van der Waals surface area contributed by atoms with Crippen molar-refractivity contribution < 1.29 is 18.7 Å². The Balaban J connectivity index is 1.64. The Morgan fingerprint density at radius 3 is 2.78 bits per heavy atom. The Morgan fingerprint density at radius 2 is 2.04 bits per heavy atom. The molecule has 0 aliphatic rings. The minimum absolute atomic E-state index is 0.183. The molecule has 0 aliphatic carbocycles. The summed E-state index contributed by atoms with van der Waals surface area (Å²) in [6, 6.07) is 14.6. The summed E-state index contributed by atoms with van der Waals surface area (Å²) in [5, 5.41) is 2.79. The van der Waals surface area contributed by atoms with Crippen LogP contribution < -0.4 is 14.8 Å². The summed E-state index contributed by atoms with van der Waals surface area (Å²) >= 11 is 0. The van der Waals surface area contributed by atoms with Crippen LogP contribution in [0.25, 0.3) is 11.3 Å². The fourth-order valence-corrected chi connectivity index (χ4v) is 2.46. The number of oxazole rings is 1. The number of rotatable bonds is 8. The number of nitrogens with one attached hydrogen (secondary N) is 1. The van der Waals surface area contributed by atoms with E-state index >= 15 is 0 Å². The Kier molecular flexibility index (Phi) is 5.89. The van der Waals surface area contributed by atoms with Crippen molar-refractivity contribution in [3.05, 3.63) is 78.8 Å². The van der Waals surface area contributed by atoms with Gasteiger partial charge < -0.3 is 19.2 Å². The summed E-state index contributed by atoms with van der Waals surface area (Å²) in [5.74, 6) is 1.86. The van der Waals surface area contributed by atoms with Gasteiger partial charge in [-0.15, -0.1) is 0 Å². The topological polar surface area (TPSA) is 73.6 Å². The van der Waals surface area contributed by atoms with Crippen molar-refractivity contribution in [2.45, 2.75) is 6.54 Å². The Hall–Kier alpha value is -3.54. The Bertz CT molecular complexity index is 919. The molecule has 1 N–H and O–H groups in total. The minimum atomic E-state index is -0.261. The van der Waals surface area contributed by atoms with Crippen LogP contribution in [0.1, 0.15) is 16.2 Å². The van der Waals surface area contributed by atoms with Crippen LogP contribution >= 0.6 is 0 Å². The third-order valence-corrected chi connectivity index (χ3v) is 3.79. The lowest BCUT2D eigenvalue weighted by atomic mass is 10.2. The molecule has 0 bridgehead atoms. The van der Waals surface area contributed by atoms with Crippen LogP contribution in [0.3, 0.4) is 0 Å². The zero-order valence-electron chi connectivity index (χ0n) is 15.0. The predicted molar refractivity (Wildman–Crippen MR) is 102 cm³/mol. The molecule has 1 heterocycles. The number of hydrogen-bond acceptors (Lipinski definition) is 5. The van der Waals surface area contributed by atoms with Crippen LogP contribution in [0.15, 0.2) is 71.8 Å². The lowest BCUT2D eigenvalue weighted by molar-refractivity contribution is 0.0947. The summed E-state index contributed by atoms with van der Waals surface area (Å²) in [4.78, 5) is 16.6. The zero-order valence-corrected chi connectivity index (χ0v) is 15.0. The molecule has 0 aliphatic heterocycles. The molecule has 6 nitrogen and oxygen atoms in total. The molecule has 3 aromatic rings. The first-order valence-corrected chi connectivity index (χ1v) is 8.41. The van der Waals surface area contributed by atoms with Gasteiger partial charge in [-0.2, -0.15) is 0 Å². The first kappa shape index (κ1) is 18.3. The van der Waals surface area contributed by atoms with Gasteiger partial charge in [-0.3, -0.25) is 4.79 Å². The third-order valence-electron chi connectivity index (χ3n) is 3.79. The average molecular weight is 364 g/mol. The van der Waals surface area contributed by atoms with E-state index in [1.807, 2.05) is 30.3 Å². The van der Waals surface area contributed by atoms with E-state index in [1.54, 1.807) is 30.5 Å². The molecule has 0 atom stereocenters. The number of carbonyl (C=O) groups is 1. The lowest BCUT2D eigenvalue weighted by Gasteiger charge is -2.11. The van der Waals surface area contributed by atoms with E-state index in [1.165, 1.54) is 7.11 Å². The highest BCUT2D eigenvalue weighted by Gasteiger charge is 2.12. The Morgan fingerprint density at radius 1 is 1.22 bits per heavy atom. The minimum Gasteiger partial charge on any atom is -0.493 e. The fraction of sp³-hybridized carbons (Fsp3) is 0.143. The highest BCUT2D eigenvalue weighted by atomic mass is 16.5. The molecule has 0 unspecified atom stereocenters.